The second-order valence-corrected chi connectivity index (χ2v) is 4.60. The summed E-state index contributed by atoms with van der Waals surface area (Å²) in [5, 5.41) is 15.5. The highest BCUT2D eigenvalue weighted by Gasteiger charge is 2.14. The van der Waals surface area contributed by atoms with E-state index in [9.17, 15) is 9.90 Å². The lowest BCUT2D eigenvalue weighted by molar-refractivity contribution is -0.121. The number of methoxy groups -OCH3 is 1. The number of rotatable bonds is 7. The van der Waals surface area contributed by atoms with E-state index in [1.54, 1.807) is 0 Å². The molecular formula is C12H24N2O3. The number of amides is 1. The zero-order valence-electron chi connectivity index (χ0n) is 10.6. The molecule has 2 atom stereocenters. The van der Waals surface area contributed by atoms with Gasteiger partial charge in [-0.2, -0.15) is 0 Å². The van der Waals surface area contributed by atoms with Gasteiger partial charge in [-0.3, -0.25) is 4.79 Å². The topological polar surface area (TPSA) is 70.6 Å². The van der Waals surface area contributed by atoms with Gasteiger partial charge in [-0.15, -0.1) is 0 Å². The molecule has 0 aliphatic carbocycles. The van der Waals surface area contributed by atoms with Crippen LogP contribution in [0.3, 0.4) is 0 Å². The van der Waals surface area contributed by atoms with Crippen LogP contribution in [-0.4, -0.2) is 50.0 Å². The second-order valence-electron chi connectivity index (χ2n) is 4.60. The first kappa shape index (κ1) is 14.4. The number of piperidine rings is 1. The van der Waals surface area contributed by atoms with Crippen LogP contribution in [0.2, 0.25) is 0 Å². The van der Waals surface area contributed by atoms with E-state index in [0.29, 0.717) is 12.5 Å². The Labute approximate surface area is 103 Å². The molecule has 5 heteroatoms. The number of ether oxygens (including phenoxy) is 1. The molecule has 1 aliphatic rings. The highest BCUT2D eigenvalue weighted by Crippen LogP contribution is 2.11. The average Bonchev–Trinajstić information content (AvgIpc) is 2.35. The monoisotopic (exact) mass is 244 g/mol. The third kappa shape index (κ3) is 6.61. The molecule has 0 aromatic rings. The summed E-state index contributed by atoms with van der Waals surface area (Å²) < 4.78 is 4.78. The molecule has 2 unspecified atom stereocenters. The van der Waals surface area contributed by atoms with E-state index in [2.05, 4.69) is 10.6 Å². The van der Waals surface area contributed by atoms with Crippen LogP contribution in [0.1, 0.15) is 32.1 Å². The van der Waals surface area contributed by atoms with Gasteiger partial charge in [0.05, 0.1) is 12.7 Å². The Bertz CT molecular complexity index is 218. The summed E-state index contributed by atoms with van der Waals surface area (Å²) in [6.45, 7) is 1.59. The van der Waals surface area contributed by atoms with Crippen molar-refractivity contribution in [1.82, 2.24) is 10.6 Å². The number of hydrogen-bond donors (Lipinski definition) is 3. The third-order valence-electron chi connectivity index (χ3n) is 3.03. The van der Waals surface area contributed by atoms with Crippen molar-refractivity contribution >= 4 is 5.91 Å². The Morgan fingerprint density at radius 1 is 1.59 bits per heavy atom. The van der Waals surface area contributed by atoms with Crippen LogP contribution in [0.25, 0.3) is 0 Å². The number of nitrogens with one attached hydrogen (secondary N) is 2. The summed E-state index contributed by atoms with van der Waals surface area (Å²) in [7, 11) is 1.53. The number of aliphatic hydroxyl groups excluding tert-OH is 1. The molecule has 0 radical (unpaired) electrons. The summed E-state index contributed by atoms with van der Waals surface area (Å²) in [5.41, 5.74) is 0. The molecule has 0 aromatic carbocycles. The van der Waals surface area contributed by atoms with Gasteiger partial charge in [-0.25, -0.2) is 0 Å². The summed E-state index contributed by atoms with van der Waals surface area (Å²) >= 11 is 0. The lowest BCUT2D eigenvalue weighted by atomic mass is 10.0. The molecule has 100 valence electrons. The van der Waals surface area contributed by atoms with Crippen molar-refractivity contribution in [3.05, 3.63) is 0 Å². The van der Waals surface area contributed by atoms with Crippen molar-refractivity contribution in [3.63, 3.8) is 0 Å². The fraction of sp³-hybridized carbons (Fsp3) is 0.917. The maximum absolute atomic E-state index is 11.5. The molecule has 3 N–H and O–H groups in total. The minimum absolute atomic E-state index is 0.00697. The molecular weight excluding hydrogens is 220 g/mol. The zero-order chi connectivity index (χ0) is 12.5. The van der Waals surface area contributed by atoms with Gasteiger partial charge < -0.3 is 20.5 Å². The Morgan fingerprint density at radius 3 is 3.06 bits per heavy atom. The molecule has 0 saturated carbocycles. The molecule has 0 spiro atoms. The molecule has 0 aromatic heterocycles. The Hall–Kier alpha value is -0.650. The molecule has 1 amide bonds. The van der Waals surface area contributed by atoms with Crippen molar-refractivity contribution < 1.29 is 14.6 Å². The number of carbonyl (C=O) groups excluding carboxylic acids is 1. The average molecular weight is 244 g/mol. The number of hydrogen-bond acceptors (Lipinski definition) is 4. The van der Waals surface area contributed by atoms with E-state index in [0.717, 1.165) is 13.0 Å². The largest absolute Gasteiger partial charge is 0.389 e. The van der Waals surface area contributed by atoms with Gasteiger partial charge in [-0.05, 0) is 25.8 Å². The van der Waals surface area contributed by atoms with Crippen LogP contribution in [-0.2, 0) is 9.53 Å². The standard InChI is InChI=1S/C12H24N2O3/c1-17-9-11(15)8-14-12(16)6-5-10-4-2-3-7-13-10/h10-11,13,15H,2-9H2,1H3,(H,14,16). The van der Waals surface area contributed by atoms with Crippen molar-refractivity contribution in [2.24, 2.45) is 0 Å². The summed E-state index contributed by atoms with van der Waals surface area (Å²) in [4.78, 5) is 11.5. The van der Waals surface area contributed by atoms with E-state index in [-0.39, 0.29) is 19.1 Å². The van der Waals surface area contributed by atoms with Crippen LogP contribution in [0.15, 0.2) is 0 Å². The van der Waals surface area contributed by atoms with Crippen LogP contribution in [0, 0.1) is 0 Å². The predicted octanol–water partition coefficient (Wildman–Crippen LogP) is 0.0322. The molecule has 1 saturated heterocycles. The Kier molecular flexibility index (Phi) is 7.16. The van der Waals surface area contributed by atoms with Gasteiger partial charge in [0.25, 0.3) is 0 Å². The Morgan fingerprint density at radius 2 is 2.41 bits per heavy atom. The molecule has 1 rings (SSSR count). The van der Waals surface area contributed by atoms with Crippen LogP contribution in [0.5, 0.6) is 0 Å². The first-order valence-corrected chi connectivity index (χ1v) is 6.39. The van der Waals surface area contributed by atoms with E-state index in [1.807, 2.05) is 0 Å². The van der Waals surface area contributed by atoms with Crippen LogP contribution < -0.4 is 10.6 Å². The highest BCUT2D eigenvalue weighted by molar-refractivity contribution is 5.75. The number of carbonyl (C=O) groups is 1. The minimum Gasteiger partial charge on any atom is -0.389 e. The zero-order valence-corrected chi connectivity index (χ0v) is 10.6. The summed E-state index contributed by atoms with van der Waals surface area (Å²) in [5.74, 6) is 0.00697. The fourth-order valence-corrected chi connectivity index (χ4v) is 2.05. The summed E-state index contributed by atoms with van der Waals surface area (Å²) in [6, 6.07) is 0.485. The van der Waals surface area contributed by atoms with Crippen LogP contribution >= 0.6 is 0 Å². The normalized spacial score (nSPS) is 22.1. The van der Waals surface area contributed by atoms with Crippen molar-refractivity contribution in [2.45, 2.75) is 44.2 Å². The van der Waals surface area contributed by atoms with Gasteiger partial charge in [0, 0.05) is 26.1 Å². The fourth-order valence-electron chi connectivity index (χ4n) is 2.05. The smallest absolute Gasteiger partial charge is 0.220 e. The molecule has 1 aliphatic heterocycles. The lowest BCUT2D eigenvalue weighted by Crippen LogP contribution is -2.37. The molecule has 17 heavy (non-hydrogen) atoms. The van der Waals surface area contributed by atoms with Gasteiger partial charge in [-0.1, -0.05) is 6.42 Å². The second kappa shape index (κ2) is 8.44. The third-order valence-corrected chi connectivity index (χ3v) is 3.03. The molecule has 0 bridgehead atoms. The van der Waals surface area contributed by atoms with Crippen molar-refractivity contribution in [3.8, 4) is 0 Å². The molecule has 5 nitrogen and oxygen atoms in total. The lowest BCUT2D eigenvalue weighted by Gasteiger charge is -2.23. The molecule has 1 fully saturated rings. The maximum Gasteiger partial charge on any atom is 0.220 e. The maximum atomic E-state index is 11.5. The van der Waals surface area contributed by atoms with Gasteiger partial charge >= 0.3 is 0 Å². The number of aliphatic hydroxyl groups is 1. The van der Waals surface area contributed by atoms with Crippen molar-refractivity contribution in [1.29, 1.82) is 0 Å². The van der Waals surface area contributed by atoms with Crippen LogP contribution in [0.4, 0.5) is 0 Å². The minimum atomic E-state index is -0.614. The predicted molar refractivity (Wildman–Crippen MR) is 65.8 cm³/mol. The first-order chi connectivity index (χ1) is 8.22. The highest BCUT2D eigenvalue weighted by atomic mass is 16.5. The van der Waals surface area contributed by atoms with E-state index in [1.165, 1.54) is 26.4 Å². The van der Waals surface area contributed by atoms with Gasteiger partial charge in [0.15, 0.2) is 0 Å². The molecule has 1 heterocycles. The quantitative estimate of drug-likeness (QED) is 0.591. The van der Waals surface area contributed by atoms with E-state index in [4.69, 9.17) is 4.74 Å². The summed E-state index contributed by atoms with van der Waals surface area (Å²) in [6.07, 6.45) is 4.46. The van der Waals surface area contributed by atoms with E-state index >= 15 is 0 Å². The van der Waals surface area contributed by atoms with Crippen molar-refractivity contribution in [2.75, 3.05) is 26.8 Å². The van der Waals surface area contributed by atoms with E-state index < -0.39 is 6.10 Å². The SMILES string of the molecule is COCC(O)CNC(=O)CCC1CCCCN1. The van der Waals surface area contributed by atoms with Gasteiger partial charge in [0.1, 0.15) is 0 Å². The van der Waals surface area contributed by atoms with Gasteiger partial charge in [0.2, 0.25) is 5.91 Å². The Balaban J connectivity index is 2.04. The first-order valence-electron chi connectivity index (χ1n) is 6.39.